The van der Waals surface area contributed by atoms with E-state index < -0.39 is 0 Å². The van der Waals surface area contributed by atoms with Crippen molar-refractivity contribution in [1.29, 1.82) is 0 Å². The van der Waals surface area contributed by atoms with Crippen molar-refractivity contribution in [3.63, 3.8) is 0 Å². The molecule has 1 unspecified atom stereocenters. The summed E-state index contributed by atoms with van der Waals surface area (Å²) in [5, 5.41) is 12.7. The van der Waals surface area contributed by atoms with Crippen LogP contribution in [-0.4, -0.2) is 30.3 Å². The lowest BCUT2D eigenvalue weighted by atomic mass is 10.1. The van der Waals surface area contributed by atoms with Gasteiger partial charge in [0.15, 0.2) is 5.76 Å². The van der Waals surface area contributed by atoms with Crippen molar-refractivity contribution in [3.8, 4) is 0 Å². The van der Waals surface area contributed by atoms with Crippen LogP contribution < -0.4 is 5.32 Å². The van der Waals surface area contributed by atoms with Gasteiger partial charge in [0, 0.05) is 24.1 Å². The molecule has 0 fully saturated rings. The number of para-hydroxylation sites is 1. The summed E-state index contributed by atoms with van der Waals surface area (Å²) in [5.74, 6) is 0.278. The molecule has 1 atom stereocenters. The van der Waals surface area contributed by atoms with Crippen LogP contribution >= 0.6 is 0 Å². The minimum atomic E-state index is -0.242. The molecule has 2 N–H and O–H groups in total. The van der Waals surface area contributed by atoms with Gasteiger partial charge < -0.3 is 19.6 Å². The van der Waals surface area contributed by atoms with Gasteiger partial charge in [-0.25, -0.2) is 0 Å². The largest absolute Gasteiger partial charge is 0.451 e. The molecule has 0 saturated heterocycles. The van der Waals surface area contributed by atoms with Crippen LogP contribution in [0.3, 0.4) is 0 Å². The summed E-state index contributed by atoms with van der Waals surface area (Å²) < 4.78 is 11.4. The Labute approximate surface area is 136 Å². The number of furan rings is 1. The first-order valence-corrected chi connectivity index (χ1v) is 8.04. The summed E-state index contributed by atoms with van der Waals surface area (Å²) in [6, 6.07) is 7.58. The van der Waals surface area contributed by atoms with Crippen LogP contribution in [0.4, 0.5) is 0 Å². The van der Waals surface area contributed by atoms with Crippen LogP contribution in [0.2, 0.25) is 0 Å². The Hall–Kier alpha value is -1.85. The van der Waals surface area contributed by atoms with E-state index in [-0.39, 0.29) is 24.5 Å². The van der Waals surface area contributed by atoms with Crippen LogP contribution in [-0.2, 0) is 11.3 Å². The quantitative estimate of drug-likeness (QED) is 0.784. The molecule has 1 amide bonds. The molecule has 0 bridgehead atoms. The fourth-order valence-corrected chi connectivity index (χ4v) is 2.35. The van der Waals surface area contributed by atoms with Gasteiger partial charge >= 0.3 is 0 Å². The molecule has 5 heteroatoms. The van der Waals surface area contributed by atoms with Gasteiger partial charge in [0.25, 0.3) is 5.91 Å². The van der Waals surface area contributed by atoms with Crippen LogP contribution in [0, 0.1) is 5.92 Å². The molecule has 0 spiro atoms. The third-order valence-electron chi connectivity index (χ3n) is 3.70. The number of aliphatic hydroxyl groups is 1. The number of benzene rings is 1. The molecule has 0 saturated carbocycles. The monoisotopic (exact) mass is 319 g/mol. The van der Waals surface area contributed by atoms with Gasteiger partial charge in [0.2, 0.25) is 0 Å². The molecule has 1 aromatic carbocycles. The van der Waals surface area contributed by atoms with Crippen LogP contribution in [0.5, 0.6) is 0 Å². The number of aliphatic hydroxyl groups excluding tert-OH is 1. The first-order valence-electron chi connectivity index (χ1n) is 8.04. The summed E-state index contributed by atoms with van der Waals surface area (Å²) in [6.45, 7) is 6.86. The van der Waals surface area contributed by atoms with Crippen molar-refractivity contribution in [2.24, 2.45) is 5.92 Å². The molecule has 0 aliphatic heterocycles. The molecule has 126 valence electrons. The molecule has 23 heavy (non-hydrogen) atoms. The van der Waals surface area contributed by atoms with E-state index >= 15 is 0 Å². The van der Waals surface area contributed by atoms with Crippen molar-refractivity contribution in [3.05, 3.63) is 35.6 Å². The van der Waals surface area contributed by atoms with E-state index in [4.69, 9.17) is 14.3 Å². The molecule has 0 aliphatic rings. The maximum absolute atomic E-state index is 12.5. The number of rotatable bonds is 8. The summed E-state index contributed by atoms with van der Waals surface area (Å²) in [5.41, 5.74) is 1.46. The highest BCUT2D eigenvalue weighted by atomic mass is 16.5. The normalized spacial score (nSPS) is 12.7. The molecule has 2 rings (SSSR count). The van der Waals surface area contributed by atoms with E-state index in [0.29, 0.717) is 30.9 Å². The van der Waals surface area contributed by atoms with E-state index in [1.165, 1.54) is 0 Å². The molecular formula is C18H25NO4. The van der Waals surface area contributed by atoms with Gasteiger partial charge in [-0.15, -0.1) is 0 Å². The van der Waals surface area contributed by atoms with Gasteiger partial charge in [-0.2, -0.15) is 0 Å². The summed E-state index contributed by atoms with van der Waals surface area (Å²) in [6.07, 6.45) is 0.730. The molecular weight excluding hydrogens is 294 g/mol. The lowest BCUT2D eigenvalue weighted by Gasteiger charge is -2.11. The predicted octanol–water partition coefficient (Wildman–Crippen LogP) is 3.11. The lowest BCUT2D eigenvalue weighted by Crippen LogP contribution is -2.29. The number of fused-ring (bicyclic) bond motifs is 1. The smallest absolute Gasteiger partial charge is 0.287 e. The Balaban J connectivity index is 2.20. The fourth-order valence-electron chi connectivity index (χ4n) is 2.35. The zero-order valence-electron chi connectivity index (χ0n) is 14.0. The highest BCUT2D eigenvalue weighted by Gasteiger charge is 2.21. The summed E-state index contributed by atoms with van der Waals surface area (Å²) in [7, 11) is 0. The number of ether oxygens (including phenoxy) is 1. The fraction of sp³-hybridized carbons (Fsp3) is 0.500. The highest BCUT2D eigenvalue weighted by Crippen LogP contribution is 2.27. The minimum Gasteiger partial charge on any atom is -0.451 e. The number of amides is 1. The topological polar surface area (TPSA) is 71.7 Å². The third kappa shape index (κ3) is 4.56. The zero-order chi connectivity index (χ0) is 16.8. The predicted molar refractivity (Wildman–Crippen MR) is 89.3 cm³/mol. The Morgan fingerprint density at radius 1 is 1.30 bits per heavy atom. The van der Waals surface area contributed by atoms with Crippen molar-refractivity contribution in [1.82, 2.24) is 5.32 Å². The van der Waals surface area contributed by atoms with Gasteiger partial charge in [0.05, 0.1) is 12.7 Å². The first-order chi connectivity index (χ1) is 11.0. The van der Waals surface area contributed by atoms with E-state index in [9.17, 15) is 4.79 Å². The standard InChI is InChI=1S/C18H25NO4/c1-12(2)22-11-15-14-6-4-5-7-16(14)23-17(15)18(21)19-10-13(3)8-9-20/h4-7,12-13,20H,8-11H2,1-3H3,(H,19,21). The Morgan fingerprint density at radius 2 is 2.04 bits per heavy atom. The maximum atomic E-state index is 12.5. The second kappa shape index (κ2) is 8.13. The summed E-state index contributed by atoms with van der Waals surface area (Å²) >= 11 is 0. The van der Waals surface area contributed by atoms with E-state index in [1.54, 1.807) is 0 Å². The molecule has 1 heterocycles. The van der Waals surface area contributed by atoms with Crippen molar-refractivity contribution in [2.75, 3.05) is 13.2 Å². The van der Waals surface area contributed by atoms with E-state index in [1.807, 2.05) is 45.0 Å². The van der Waals surface area contributed by atoms with Gasteiger partial charge in [-0.1, -0.05) is 25.1 Å². The zero-order valence-corrected chi connectivity index (χ0v) is 14.0. The number of nitrogens with one attached hydrogen (secondary N) is 1. The average Bonchev–Trinajstić information content (AvgIpc) is 2.89. The van der Waals surface area contributed by atoms with Crippen LogP contribution in [0.25, 0.3) is 11.0 Å². The second-order valence-corrected chi connectivity index (χ2v) is 6.09. The Bertz CT molecular complexity index is 648. The highest BCUT2D eigenvalue weighted by molar-refractivity contribution is 5.99. The van der Waals surface area contributed by atoms with Gasteiger partial charge in [0.1, 0.15) is 5.58 Å². The molecule has 5 nitrogen and oxygen atoms in total. The minimum absolute atomic E-state index is 0.0733. The van der Waals surface area contributed by atoms with Crippen LogP contribution in [0.15, 0.2) is 28.7 Å². The van der Waals surface area contributed by atoms with Crippen molar-refractivity contribution >= 4 is 16.9 Å². The molecule has 0 aliphatic carbocycles. The molecule has 0 radical (unpaired) electrons. The van der Waals surface area contributed by atoms with E-state index in [0.717, 1.165) is 10.9 Å². The van der Waals surface area contributed by atoms with Crippen LogP contribution in [0.1, 0.15) is 43.3 Å². The Kier molecular flexibility index (Phi) is 6.19. The molecule has 2 aromatic rings. The Morgan fingerprint density at radius 3 is 2.74 bits per heavy atom. The number of carbonyl (C=O) groups excluding carboxylic acids is 1. The number of hydrogen-bond acceptors (Lipinski definition) is 4. The van der Waals surface area contributed by atoms with Crippen molar-refractivity contribution < 1.29 is 19.1 Å². The second-order valence-electron chi connectivity index (χ2n) is 6.09. The van der Waals surface area contributed by atoms with Gasteiger partial charge in [-0.3, -0.25) is 4.79 Å². The van der Waals surface area contributed by atoms with Gasteiger partial charge in [-0.05, 0) is 32.3 Å². The summed E-state index contributed by atoms with van der Waals surface area (Å²) in [4.78, 5) is 12.5. The van der Waals surface area contributed by atoms with Crippen molar-refractivity contribution in [2.45, 2.75) is 39.9 Å². The lowest BCUT2D eigenvalue weighted by molar-refractivity contribution is 0.0643. The first kappa shape index (κ1) is 17.5. The third-order valence-corrected chi connectivity index (χ3v) is 3.70. The maximum Gasteiger partial charge on any atom is 0.287 e. The van der Waals surface area contributed by atoms with E-state index in [2.05, 4.69) is 5.32 Å². The number of hydrogen-bond donors (Lipinski definition) is 2. The average molecular weight is 319 g/mol. The molecule has 1 aromatic heterocycles. The number of carbonyl (C=O) groups is 1. The SMILES string of the molecule is CC(CCO)CNC(=O)c1oc2ccccc2c1COC(C)C.